The van der Waals surface area contributed by atoms with Gasteiger partial charge in [-0.3, -0.25) is 0 Å². The quantitative estimate of drug-likeness (QED) is 0.875. The lowest BCUT2D eigenvalue weighted by molar-refractivity contribution is 0.632. The van der Waals surface area contributed by atoms with Crippen LogP contribution in [0.15, 0.2) is 0 Å². The van der Waals surface area contributed by atoms with Crippen LogP contribution < -0.4 is 16.0 Å². The largest absolute Gasteiger partial charge is 0.370 e. The summed E-state index contributed by atoms with van der Waals surface area (Å²) in [6, 6.07) is 0.0766. The maximum atomic E-state index is 6.39. The molecule has 1 aliphatic carbocycles. The SMILES string of the molecule is NC1CCNc2nc(C3CC3)nc(N3CCCCCC3)c21. The molecule has 5 nitrogen and oxygen atoms in total. The van der Waals surface area contributed by atoms with Crippen LogP contribution in [0, 0.1) is 0 Å². The lowest BCUT2D eigenvalue weighted by Crippen LogP contribution is -2.32. The minimum Gasteiger partial charge on any atom is -0.370 e. The molecule has 21 heavy (non-hydrogen) atoms. The number of aromatic nitrogens is 2. The van der Waals surface area contributed by atoms with E-state index in [-0.39, 0.29) is 6.04 Å². The Morgan fingerprint density at radius 2 is 1.76 bits per heavy atom. The second-order valence-electron chi connectivity index (χ2n) is 6.67. The van der Waals surface area contributed by atoms with Crippen LogP contribution in [0.5, 0.6) is 0 Å². The first kappa shape index (κ1) is 13.3. The summed E-state index contributed by atoms with van der Waals surface area (Å²) in [7, 11) is 0. The van der Waals surface area contributed by atoms with Crippen molar-refractivity contribution in [2.24, 2.45) is 5.73 Å². The van der Waals surface area contributed by atoms with Crippen LogP contribution in [-0.4, -0.2) is 29.6 Å². The van der Waals surface area contributed by atoms with E-state index in [0.29, 0.717) is 5.92 Å². The highest BCUT2D eigenvalue weighted by atomic mass is 15.2. The fourth-order valence-electron chi connectivity index (χ4n) is 3.49. The maximum absolute atomic E-state index is 6.39. The molecule has 3 aliphatic rings. The molecule has 3 N–H and O–H groups in total. The Bertz CT molecular complexity index is 518. The van der Waals surface area contributed by atoms with E-state index < -0.39 is 0 Å². The minimum absolute atomic E-state index is 0.0766. The van der Waals surface area contributed by atoms with Crippen molar-refractivity contribution in [2.75, 3.05) is 29.9 Å². The van der Waals surface area contributed by atoms with Crippen molar-refractivity contribution in [3.8, 4) is 0 Å². The van der Waals surface area contributed by atoms with E-state index in [9.17, 15) is 0 Å². The van der Waals surface area contributed by atoms with E-state index >= 15 is 0 Å². The molecule has 0 spiro atoms. The highest BCUT2D eigenvalue weighted by Crippen LogP contribution is 2.42. The van der Waals surface area contributed by atoms with Crippen LogP contribution in [0.1, 0.15) is 68.3 Å². The number of hydrogen-bond donors (Lipinski definition) is 2. The summed E-state index contributed by atoms with van der Waals surface area (Å²) in [4.78, 5) is 12.2. The van der Waals surface area contributed by atoms with Crippen LogP contribution in [0.2, 0.25) is 0 Å². The third kappa shape index (κ3) is 2.59. The van der Waals surface area contributed by atoms with Crippen molar-refractivity contribution in [1.82, 2.24) is 9.97 Å². The molecule has 2 aliphatic heterocycles. The number of hydrogen-bond acceptors (Lipinski definition) is 5. The highest BCUT2D eigenvalue weighted by molar-refractivity contribution is 5.62. The van der Waals surface area contributed by atoms with Crippen LogP contribution in [0.4, 0.5) is 11.6 Å². The number of nitrogens with zero attached hydrogens (tertiary/aromatic N) is 3. The molecule has 1 unspecified atom stereocenters. The van der Waals surface area contributed by atoms with E-state index in [4.69, 9.17) is 15.7 Å². The standard InChI is InChI=1S/C16H25N5/c17-12-7-8-18-15-13(12)16(20-14(19-15)11-5-6-11)21-9-3-1-2-4-10-21/h11-12H,1-10,17H2,(H,18,19,20). The maximum Gasteiger partial charge on any atom is 0.139 e. The van der Waals surface area contributed by atoms with E-state index in [1.165, 1.54) is 38.5 Å². The van der Waals surface area contributed by atoms with Crippen LogP contribution in [0.25, 0.3) is 0 Å². The van der Waals surface area contributed by atoms with Gasteiger partial charge in [0.1, 0.15) is 17.5 Å². The molecule has 114 valence electrons. The van der Waals surface area contributed by atoms with Gasteiger partial charge in [0.25, 0.3) is 0 Å². The third-order valence-electron chi connectivity index (χ3n) is 4.91. The van der Waals surface area contributed by atoms with Gasteiger partial charge in [-0.15, -0.1) is 0 Å². The van der Waals surface area contributed by atoms with Crippen molar-refractivity contribution in [2.45, 2.75) is 56.9 Å². The predicted molar refractivity (Wildman–Crippen MR) is 84.7 cm³/mol. The average Bonchev–Trinajstić information content (AvgIpc) is 3.33. The molecule has 0 aromatic carbocycles. The number of anilines is 2. The summed E-state index contributed by atoms with van der Waals surface area (Å²) >= 11 is 0. The van der Waals surface area contributed by atoms with Crippen LogP contribution in [0.3, 0.4) is 0 Å². The Morgan fingerprint density at radius 3 is 2.48 bits per heavy atom. The van der Waals surface area contributed by atoms with Gasteiger partial charge in [-0.25, -0.2) is 9.97 Å². The Labute approximate surface area is 126 Å². The fraction of sp³-hybridized carbons (Fsp3) is 0.750. The molecule has 1 atom stereocenters. The Morgan fingerprint density at radius 1 is 1.00 bits per heavy atom. The summed E-state index contributed by atoms with van der Waals surface area (Å²) in [5, 5.41) is 3.45. The van der Waals surface area contributed by atoms with Gasteiger partial charge in [-0.05, 0) is 32.1 Å². The molecule has 5 heteroatoms. The van der Waals surface area contributed by atoms with Gasteiger partial charge < -0.3 is 16.0 Å². The molecule has 1 aromatic rings. The van der Waals surface area contributed by atoms with Crippen molar-refractivity contribution < 1.29 is 0 Å². The molecule has 0 bridgehead atoms. The zero-order valence-corrected chi connectivity index (χ0v) is 12.6. The fourth-order valence-corrected chi connectivity index (χ4v) is 3.49. The van der Waals surface area contributed by atoms with Crippen molar-refractivity contribution in [3.05, 3.63) is 11.4 Å². The monoisotopic (exact) mass is 287 g/mol. The van der Waals surface area contributed by atoms with E-state index in [2.05, 4.69) is 10.2 Å². The molecule has 1 aromatic heterocycles. The van der Waals surface area contributed by atoms with Gasteiger partial charge in [-0.1, -0.05) is 12.8 Å². The van der Waals surface area contributed by atoms with Gasteiger partial charge in [0, 0.05) is 31.6 Å². The second kappa shape index (κ2) is 5.44. The molecule has 3 heterocycles. The van der Waals surface area contributed by atoms with Crippen molar-refractivity contribution >= 4 is 11.6 Å². The van der Waals surface area contributed by atoms with E-state index in [0.717, 1.165) is 49.1 Å². The predicted octanol–water partition coefficient (Wildman–Crippen LogP) is 2.55. The number of nitrogens with two attached hydrogens (primary N) is 1. The first-order valence-electron chi connectivity index (χ1n) is 8.49. The normalized spacial score (nSPS) is 26.0. The zero-order chi connectivity index (χ0) is 14.2. The van der Waals surface area contributed by atoms with Crippen molar-refractivity contribution in [3.63, 3.8) is 0 Å². The molecule has 1 saturated carbocycles. The Kier molecular flexibility index (Phi) is 3.45. The van der Waals surface area contributed by atoms with Gasteiger partial charge in [0.2, 0.25) is 0 Å². The molecule has 4 rings (SSSR count). The number of rotatable bonds is 2. The van der Waals surface area contributed by atoms with Gasteiger partial charge in [-0.2, -0.15) is 0 Å². The third-order valence-corrected chi connectivity index (χ3v) is 4.91. The number of fused-ring (bicyclic) bond motifs is 1. The lowest BCUT2D eigenvalue weighted by atomic mass is 10.0. The molecule has 2 fully saturated rings. The Hall–Kier alpha value is -1.36. The summed E-state index contributed by atoms with van der Waals surface area (Å²) in [5.41, 5.74) is 7.55. The van der Waals surface area contributed by atoms with Crippen LogP contribution >= 0.6 is 0 Å². The summed E-state index contributed by atoms with van der Waals surface area (Å²) in [6.07, 6.45) is 8.65. The zero-order valence-electron chi connectivity index (χ0n) is 12.6. The molecule has 0 radical (unpaired) electrons. The van der Waals surface area contributed by atoms with Gasteiger partial charge in [0.05, 0.1) is 5.56 Å². The second-order valence-corrected chi connectivity index (χ2v) is 6.67. The topological polar surface area (TPSA) is 67.1 Å². The summed E-state index contributed by atoms with van der Waals surface area (Å²) < 4.78 is 0. The van der Waals surface area contributed by atoms with Gasteiger partial charge >= 0.3 is 0 Å². The van der Waals surface area contributed by atoms with Crippen molar-refractivity contribution in [1.29, 1.82) is 0 Å². The minimum atomic E-state index is 0.0766. The summed E-state index contributed by atoms with van der Waals surface area (Å²) in [5.74, 6) is 3.75. The van der Waals surface area contributed by atoms with Gasteiger partial charge in [0.15, 0.2) is 0 Å². The summed E-state index contributed by atoms with van der Waals surface area (Å²) in [6.45, 7) is 3.15. The molecular weight excluding hydrogens is 262 g/mol. The van der Waals surface area contributed by atoms with E-state index in [1.54, 1.807) is 0 Å². The first-order valence-corrected chi connectivity index (χ1v) is 8.49. The smallest absolute Gasteiger partial charge is 0.139 e. The lowest BCUT2D eigenvalue weighted by Gasteiger charge is -2.31. The Balaban J connectivity index is 1.76. The van der Waals surface area contributed by atoms with E-state index in [1.807, 2.05) is 0 Å². The van der Waals surface area contributed by atoms with Crippen LogP contribution in [-0.2, 0) is 0 Å². The molecule has 1 saturated heterocycles. The average molecular weight is 287 g/mol. The molecular formula is C16H25N5. The number of nitrogens with one attached hydrogen (secondary N) is 1. The first-order chi connectivity index (χ1) is 10.3. The molecule has 0 amide bonds. The highest BCUT2D eigenvalue weighted by Gasteiger charge is 2.32.